The summed E-state index contributed by atoms with van der Waals surface area (Å²) in [4.78, 5) is 32.3. The number of benzene rings is 2. The molecule has 0 amide bonds. The highest BCUT2D eigenvalue weighted by molar-refractivity contribution is 6.64. The SMILES string of the molecule is CC(=O)OC(C(=O)Cl)c1ccc(Cl)cc1Cl.O=C(O)C(O)c1ccc(Cl)cc1Cl. The van der Waals surface area contributed by atoms with Crippen LogP contribution < -0.4 is 0 Å². The molecule has 11 heteroatoms. The van der Waals surface area contributed by atoms with Crippen molar-refractivity contribution >= 4 is 75.2 Å². The van der Waals surface area contributed by atoms with E-state index < -0.39 is 29.4 Å². The van der Waals surface area contributed by atoms with Crippen molar-refractivity contribution in [2.24, 2.45) is 0 Å². The fraction of sp³-hybridized carbons (Fsp3) is 0.167. The number of halogens is 5. The van der Waals surface area contributed by atoms with Gasteiger partial charge in [0.2, 0.25) is 6.10 Å². The van der Waals surface area contributed by atoms with Crippen LogP contribution >= 0.6 is 58.0 Å². The Morgan fingerprint density at radius 1 is 0.897 bits per heavy atom. The molecule has 2 rings (SSSR count). The average molecular weight is 503 g/mol. The molecule has 0 spiro atoms. The molecule has 0 aliphatic carbocycles. The number of carbonyl (C=O) groups is 3. The van der Waals surface area contributed by atoms with Crippen LogP contribution in [-0.2, 0) is 19.1 Å². The monoisotopic (exact) mass is 500 g/mol. The Labute approximate surface area is 190 Å². The Morgan fingerprint density at radius 2 is 1.34 bits per heavy atom. The molecule has 156 valence electrons. The van der Waals surface area contributed by atoms with Gasteiger partial charge in [-0.2, -0.15) is 0 Å². The van der Waals surface area contributed by atoms with Gasteiger partial charge in [0.05, 0.1) is 0 Å². The number of carboxylic acid groups (broad SMARTS) is 1. The van der Waals surface area contributed by atoms with E-state index in [1.807, 2.05) is 0 Å². The highest BCUT2D eigenvalue weighted by Crippen LogP contribution is 2.30. The molecule has 2 aromatic rings. The van der Waals surface area contributed by atoms with E-state index in [1.165, 1.54) is 43.3 Å². The molecular formula is C18H13Cl5O6. The Bertz CT molecular complexity index is 918. The molecule has 2 N–H and O–H groups in total. The zero-order valence-electron chi connectivity index (χ0n) is 14.5. The van der Waals surface area contributed by atoms with E-state index in [9.17, 15) is 14.4 Å². The van der Waals surface area contributed by atoms with Crippen LogP contribution in [-0.4, -0.2) is 27.4 Å². The molecule has 0 saturated heterocycles. The first-order valence-corrected chi connectivity index (χ1v) is 9.50. The number of hydrogen-bond acceptors (Lipinski definition) is 5. The maximum atomic E-state index is 11.1. The van der Waals surface area contributed by atoms with Gasteiger partial charge in [-0.25, -0.2) is 4.79 Å². The van der Waals surface area contributed by atoms with Crippen LogP contribution in [0.15, 0.2) is 36.4 Å². The van der Waals surface area contributed by atoms with Gasteiger partial charge in [0.15, 0.2) is 6.10 Å². The van der Waals surface area contributed by atoms with Crippen LogP contribution in [0.5, 0.6) is 0 Å². The van der Waals surface area contributed by atoms with Crippen LogP contribution in [0.2, 0.25) is 20.1 Å². The van der Waals surface area contributed by atoms with Gasteiger partial charge in [0, 0.05) is 38.1 Å². The zero-order chi connectivity index (χ0) is 22.3. The summed E-state index contributed by atoms with van der Waals surface area (Å²) in [5, 5.41) is 18.0. The number of hydrogen-bond donors (Lipinski definition) is 2. The number of aliphatic carboxylic acids is 1. The topological polar surface area (TPSA) is 101 Å². The molecule has 2 unspecified atom stereocenters. The molecule has 0 heterocycles. The number of carbonyl (C=O) groups excluding carboxylic acids is 2. The maximum absolute atomic E-state index is 11.1. The Hall–Kier alpha value is -1.54. The van der Waals surface area contributed by atoms with E-state index in [1.54, 1.807) is 0 Å². The van der Waals surface area contributed by atoms with E-state index in [4.69, 9.17) is 73.0 Å². The Balaban J connectivity index is 0.000000296. The summed E-state index contributed by atoms with van der Waals surface area (Å²) in [7, 11) is 0. The van der Waals surface area contributed by atoms with Crippen LogP contribution in [0.4, 0.5) is 0 Å². The summed E-state index contributed by atoms with van der Waals surface area (Å²) in [6, 6.07) is 8.68. The minimum Gasteiger partial charge on any atom is -0.479 e. The van der Waals surface area contributed by atoms with Crippen molar-refractivity contribution in [2.75, 3.05) is 0 Å². The predicted octanol–water partition coefficient (Wildman–Crippen LogP) is 5.47. The smallest absolute Gasteiger partial charge is 0.337 e. The van der Waals surface area contributed by atoms with Crippen molar-refractivity contribution in [3.63, 3.8) is 0 Å². The van der Waals surface area contributed by atoms with Gasteiger partial charge in [-0.15, -0.1) is 0 Å². The van der Waals surface area contributed by atoms with E-state index in [0.29, 0.717) is 15.6 Å². The summed E-state index contributed by atoms with van der Waals surface area (Å²) in [5.41, 5.74) is 0.444. The minimum atomic E-state index is -1.61. The number of aliphatic hydroxyl groups is 1. The Morgan fingerprint density at radius 3 is 1.69 bits per heavy atom. The number of esters is 1. The fourth-order valence-electron chi connectivity index (χ4n) is 1.97. The molecule has 2 atom stereocenters. The van der Waals surface area contributed by atoms with Crippen molar-refractivity contribution in [2.45, 2.75) is 19.1 Å². The molecule has 0 bridgehead atoms. The standard InChI is InChI=1S/C10H7Cl3O3.C8H6Cl2O3/c1-5(14)16-9(10(13)15)7-3-2-6(11)4-8(7)12;9-4-1-2-5(6(10)3-4)7(11)8(12)13/h2-4,9H,1H3;1-3,7,11H,(H,12,13). The number of rotatable bonds is 5. The second kappa shape index (κ2) is 11.6. The molecule has 0 radical (unpaired) electrons. The molecule has 0 fully saturated rings. The summed E-state index contributed by atoms with van der Waals surface area (Å²) in [6.07, 6.45) is -2.81. The summed E-state index contributed by atoms with van der Waals surface area (Å²) < 4.78 is 4.77. The van der Waals surface area contributed by atoms with Crippen molar-refractivity contribution in [1.82, 2.24) is 0 Å². The van der Waals surface area contributed by atoms with Crippen LogP contribution in [0.1, 0.15) is 30.3 Å². The van der Waals surface area contributed by atoms with Crippen molar-refractivity contribution < 1.29 is 29.3 Å². The van der Waals surface area contributed by atoms with Crippen molar-refractivity contribution in [3.8, 4) is 0 Å². The third-order valence-corrected chi connectivity index (χ3v) is 4.55. The molecule has 6 nitrogen and oxygen atoms in total. The number of carboxylic acids is 1. The second-order valence-corrected chi connectivity index (χ2v) is 7.43. The Kier molecular flexibility index (Phi) is 10.2. The van der Waals surface area contributed by atoms with Gasteiger partial charge in [-0.05, 0) is 35.9 Å². The van der Waals surface area contributed by atoms with Crippen LogP contribution in [0, 0.1) is 0 Å². The molecule has 0 aromatic heterocycles. The fourth-order valence-corrected chi connectivity index (χ4v) is 3.15. The first-order chi connectivity index (χ1) is 13.4. The van der Waals surface area contributed by atoms with Crippen molar-refractivity contribution in [1.29, 1.82) is 0 Å². The van der Waals surface area contributed by atoms with Gasteiger partial charge in [0.1, 0.15) is 0 Å². The predicted molar refractivity (Wildman–Crippen MR) is 111 cm³/mol. The molecule has 0 aliphatic rings. The lowest BCUT2D eigenvalue weighted by molar-refractivity contribution is -0.151. The normalized spacial score (nSPS) is 12.2. The first-order valence-electron chi connectivity index (χ1n) is 7.61. The first kappa shape index (κ1) is 25.5. The highest BCUT2D eigenvalue weighted by atomic mass is 35.5. The molecular weight excluding hydrogens is 489 g/mol. The van der Waals surface area contributed by atoms with Crippen LogP contribution in [0.3, 0.4) is 0 Å². The van der Waals surface area contributed by atoms with E-state index in [2.05, 4.69) is 0 Å². The van der Waals surface area contributed by atoms with E-state index in [0.717, 1.165) is 0 Å². The third kappa shape index (κ3) is 8.01. The summed E-state index contributed by atoms with van der Waals surface area (Å²) >= 11 is 28.1. The van der Waals surface area contributed by atoms with Crippen LogP contribution in [0.25, 0.3) is 0 Å². The zero-order valence-corrected chi connectivity index (χ0v) is 18.3. The third-order valence-electron chi connectivity index (χ3n) is 3.23. The lowest BCUT2D eigenvalue weighted by Gasteiger charge is -2.14. The molecule has 2 aromatic carbocycles. The van der Waals surface area contributed by atoms with Crippen molar-refractivity contribution in [3.05, 3.63) is 67.6 Å². The summed E-state index contributed by atoms with van der Waals surface area (Å²) in [5.74, 6) is -1.96. The molecule has 29 heavy (non-hydrogen) atoms. The largest absolute Gasteiger partial charge is 0.479 e. The molecule has 0 saturated carbocycles. The maximum Gasteiger partial charge on any atom is 0.337 e. The second-order valence-electron chi connectivity index (χ2n) is 5.37. The lowest BCUT2D eigenvalue weighted by Crippen LogP contribution is -2.14. The van der Waals surface area contributed by atoms with E-state index in [-0.39, 0.29) is 15.6 Å². The van der Waals surface area contributed by atoms with Gasteiger partial charge >= 0.3 is 11.9 Å². The van der Waals surface area contributed by atoms with Gasteiger partial charge < -0.3 is 14.9 Å². The highest BCUT2D eigenvalue weighted by Gasteiger charge is 2.24. The lowest BCUT2D eigenvalue weighted by atomic mass is 10.1. The quantitative estimate of drug-likeness (QED) is 0.415. The van der Waals surface area contributed by atoms with E-state index >= 15 is 0 Å². The van der Waals surface area contributed by atoms with Gasteiger partial charge in [0.25, 0.3) is 5.24 Å². The molecule has 0 aliphatic heterocycles. The number of aliphatic hydroxyl groups excluding tert-OH is 1. The summed E-state index contributed by atoms with van der Waals surface area (Å²) in [6.45, 7) is 1.18. The van der Waals surface area contributed by atoms with Gasteiger partial charge in [-0.3, -0.25) is 9.59 Å². The minimum absolute atomic E-state index is 0.138. The number of ether oxygens (including phenoxy) is 1. The van der Waals surface area contributed by atoms with Gasteiger partial charge in [-0.1, -0.05) is 58.5 Å². The average Bonchev–Trinajstić information content (AvgIpc) is 2.60.